The number of halogens is 1. The van der Waals surface area contributed by atoms with Crippen molar-refractivity contribution in [3.05, 3.63) is 101 Å². The predicted molar refractivity (Wildman–Crippen MR) is 134 cm³/mol. The zero-order valence-electron chi connectivity index (χ0n) is 18.5. The minimum absolute atomic E-state index is 0.593. The lowest BCUT2D eigenvalue weighted by atomic mass is 10.0. The number of allylic oxidation sites excluding steroid dienone is 1. The number of pyridine rings is 1. The van der Waals surface area contributed by atoms with Crippen molar-refractivity contribution in [2.24, 2.45) is 4.99 Å². The molecule has 4 aromatic rings. The SMILES string of the molecule is CC1=CC(CNc2nccn3c(-c4cccc(Cl)c4)cnc23)=CN=C(c2ccnc(C)c2)C1. The average molecular weight is 455 g/mol. The number of fused-ring (bicyclic) bond motifs is 1. The Balaban J connectivity index is 1.40. The molecule has 0 amide bonds. The van der Waals surface area contributed by atoms with Gasteiger partial charge < -0.3 is 5.32 Å². The molecule has 164 valence electrons. The van der Waals surface area contributed by atoms with Crippen molar-refractivity contribution in [3.63, 3.8) is 0 Å². The highest BCUT2D eigenvalue weighted by Gasteiger charge is 2.12. The van der Waals surface area contributed by atoms with Gasteiger partial charge in [-0.25, -0.2) is 9.97 Å². The second kappa shape index (κ2) is 9.00. The first-order valence-electron chi connectivity index (χ1n) is 10.7. The third-order valence-electron chi connectivity index (χ3n) is 5.50. The minimum atomic E-state index is 0.593. The molecule has 5 rings (SSSR count). The van der Waals surface area contributed by atoms with E-state index >= 15 is 0 Å². The van der Waals surface area contributed by atoms with Crippen LogP contribution < -0.4 is 5.32 Å². The number of nitrogens with one attached hydrogen (secondary N) is 1. The fraction of sp³-hybridized carbons (Fsp3) is 0.154. The number of hydrogen-bond donors (Lipinski definition) is 1. The molecule has 7 heteroatoms. The smallest absolute Gasteiger partial charge is 0.180 e. The van der Waals surface area contributed by atoms with Gasteiger partial charge in [0.1, 0.15) is 0 Å². The maximum absolute atomic E-state index is 6.18. The standard InChI is InChI=1S/C26H23ClN6/c1-17-10-19(14-30-23(11-17)20-6-7-28-18(2)12-20)15-31-25-26-32-16-24(33(26)9-8-29-25)21-4-3-5-22(27)13-21/h3-10,12-14,16H,11,15H2,1-2H3,(H,29,31). The normalized spacial score (nSPS) is 13.8. The molecule has 1 N–H and O–H groups in total. The van der Waals surface area contributed by atoms with E-state index in [0.29, 0.717) is 11.6 Å². The molecule has 1 aromatic carbocycles. The van der Waals surface area contributed by atoms with Crippen molar-refractivity contribution in [1.29, 1.82) is 0 Å². The van der Waals surface area contributed by atoms with E-state index in [0.717, 1.165) is 51.7 Å². The summed E-state index contributed by atoms with van der Waals surface area (Å²) in [5.41, 5.74) is 8.21. The maximum Gasteiger partial charge on any atom is 0.180 e. The summed E-state index contributed by atoms with van der Waals surface area (Å²) in [6.45, 7) is 4.72. The summed E-state index contributed by atoms with van der Waals surface area (Å²) in [7, 11) is 0. The van der Waals surface area contributed by atoms with Crippen LogP contribution in [0.5, 0.6) is 0 Å². The molecule has 0 bridgehead atoms. The van der Waals surface area contributed by atoms with E-state index in [-0.39, 0.29) is 0 Å². The number of benzene rings is 1. The van der Waals surface area contributed by atoms with Crippen molar-refractivity contribution < 1.29 is 0 Å². The first kappa shape index (κ1) is 21.1. The van der Waals surface area contributed by atoms with E-state index in [4.69, 9.17) is 16.6 Å². The van der Waals surface area contributed by atoms with E-state index in [2.05, 4.69) is 39.3 Å². The van der Waals surface area contributed by atoms with Crippen LogP contribution in [0.4, 0.5) is 5.82 Å². The summed E-state index contributed by atoms with van der Waals surface area (Å²) in [4.78, 5) is 18.2. The van der Waals surface area contributed by atoms with Gasteiger partial charge in [-0.2, -0.15) is 0 Å². The van der Waals surface area contributed by atoms with Crippen LogP contribution in [0.15, 0.2) is 89.6 Å². The van der Waals surface area contributed by atoms with Crippen LogP contribution >= 0.6 is 11.6 Å². The first-order chi connectivity index (χ1) is 16.1. The molecule has 0 spiro atoms. The molecule has 0 unspecified atom stereocenters. The van der Waals surface area contributed by atoms with E-state index in [1.165, 1.54) is 5.57 Å². The molecule has 4 heterocycles. The molecule has 1 aliphatic rings. The molecule has 3 aromatic heterocycles. The quantitative estimate of drug-likeness (QED) is 0.408. The topological polar surface area (TPSA) is 67.5 Å². The van der Waals surface area contributed by atoms with Gasteiger partial charge in [0.25, 0.3) is 0 Å². The van der Waals surface area contributed by atoms with Gasteiger partial charge in [0.2, 0.25) is 0 Å². The number of aliphatic imine (C=N–C) groups is 1. The molecular formula is C26H23ClN6. The van der Waals surface area contributed by atoms with Gasteiger partial charge in [0.05, 0.1) is 17.6 Å². The van der Waals surface area contributed by atoms with Crippen LogP contribution in [0.25, 0.3) is 16.9 Å². The van der Waals surface area contributed by atoms with Crippen LogP contribution in [0, 0.1) is 6.92 Å². The van der Waals surface area contributed by atoms with Crippen molar-refractivity contribution >= 4 is 28.8 Å². The molecule has 0 aliphatic carbocycles. The van der Waals surface area contributed by atoms with Crippen LogP contribution in [0.1, 0.15) is 24.6 Å². The van der Waals surface area contributed by atoms with Crippen LogP contribution in [0.3, 0.4) is 0 Å². The van der Waals surface area contributed by atoms with Crippen molar-refractivity contribution in [1.82, 2.24) is 19.4 Å². The molecule has 0 saturated carbocycles. The summed E-state index contributed by atoms with van der Waals surface area (Å²) in [5.74, 6) is 0.718. The molecular weight excluding hydrogens is 432 g/mol. The Labute approximate surface area is 197 Å². The Bertz CT molecular complexity index is 1430. The minimum Gasteiger partial charge on any atom is -0.363 e. The Morgan fingerprint density at radius 1 is 1.03 bits per heavy atom. The third-order valence-corrected chi connectivity index (χ3v) is 5.74. The molecule has 0 atom stereocenters. The fourth-order valence-electron chi connectivity index (χ4n) is 3.96. The zero-order chi connectivity index (χ0) is 22.8. The number of imidazole rings is 1. The van der Waals surface area contributed by atoms with Gasteiger partial charge in [-0.1, -0.05) is 35.4 Å². The molecule has 1 aliphatic heterocycles. The second-order valence-electron chi connectivity index (χ2n) is 8.11. The number of hydrogen-bond acceptors (Lipinski definition) is 5. The number of aryl methyl sites for hydroxylation is 1. The van der Waals surface area contributed by atoms with E-state index < -0.39 is 0 Å². The highest BCUT2D eigenvalue weighted by molar-refractivity contribution is 6.30. The monoisotopic (exact) mass is 454 g/mol. The zero-order valence-corrected chi connectivity index (χ0v) is 19.2. The number of anilines is 1. The highest BCUT2D eigenvalue weighted by atomic mass is 35.5. The van der Waals surface area contributed by atoms with Crippen LogP contribution in [-0.4, -0.2) is 31.6 Å². The van der Waals surface area contributed by atoms with Crippen molar-refractivity contribution in [2.75, 3.05) is 11.9 Å². The van der Waals surface area contributed by atoms with E-state index in [1.807, 2.05) is 66.4 Å². The summed E-state index contributed by atoms with van der Waals surface area (Å²) < 4.78 is 2.02. The molecule has 0 fully saturated rings. The third kappa shape index (κ3) is 4.56. The summed E-state index contributed by atoms with van der Waals surface area (Å²) in [6.07, 6.45) is 12.3. The predicted octanol–water partition coefficient (Wildman–Crippen LogP) is 5.89. The Morgan fingerprint density at radius 3 is 2.79 bits per heavy atom. The largest absolute Gasteiger partial charge is 0.363 e. The number of rotatable bonds is 5. The Kier molecular flexibility index (Phi) is 5.75. The van der Waals surface area contributed by atoms with Crippen molar-refractivity contribution in [3.8, 4) is 11.3 Å². The Hall–Kier alpha value is -3.77. The van der Waals surface area contributed by atoms with Gasteiger partial charge in [0.15, 0.2) is 11.5 Å². The molecule has 0 saturated heterocycles. The lowest BCUT2D eigenvalue weighted by Gasteiger charge is -2.08. The lowest BCUT2D eigenvalue weighted by Crippen LogP contribution is -2.07. The van der Waals surface area contributed by atoms with Crippen LogP contribution in [0.2, 0.25) is 5.02 Å². The first-order valence-corrected chi connectivity index (χ1v) is 11.1. The maximum atomic E-state index is 6.18. The van der Waals surface area contributed by atoms with E-state index in [9.17, 15) is 0 Å². The number of nitrogens with zero attached hydrogens (tertiary/aromatic N) is 5. The molecule has 33 heavy (non-hydrogen) atoms. The lowest BCUT2D eigenvalue weighted by molar-refractivity contribution is 1.10. The second-order valence-corrected chi connectivity index (χ2v) is 8.55. The molecule has 6 nitrogen and oxygen atoms in total. The van der Waals surface area contributed by atoms with Gasteiger partial charge in [-0.05, 0) is 49.2 Å². The van der Waals surface area contributed by atoms with Gasteiger partial charge >= 0.3 is 0 Å². The average Bonchev–Trinajstić information content (AvgIpc) is 3.15. The molecule has 0 radical (unpaired) electrons. The van der Waals surface area contributed by atoms with Crippen LogP contribution in [-0.2, 0) is 0 Å². The fourth-order valence-corrected chi connectivity index (χ4v) is 4.16. The summed E-state index contributed by atoms with van der Waals surface area (Å²) in [6, 6.07) is 11.8. The van der Waals surface area contributed by atoms with Gasteiger partial charge in [0, 0.05) is 54.0 Å². The number of aromatic nitrogens is 4. The van der Waals surface area contributed by atoms with Gasteiger partial charge in [-0.15, -0.1) is 0 Å². The highest BCUT2D eigenvalue weighted by Crippen LogP contribution is 2.26. The summed E-state index contributed by atoms with van der Waals surface area (Å²) >= 11 is 6.18. The van der Waals surface area contributed by atoms with E-state index in [1.54, 1.807) is 6.20 Å². The Morgan fingerprint density at radius 2 is 1.94 bits per heavy atom. The summed E-state index contributed by atoms with van der Waals surface area (Å²) in [5, 5.41) is 4.13. The van der Waals surface area contributed by atoms with Crippen molar-refractivity contribution in [2.45, 2.75) is 20.3 Å². The van der Waals surface area contributed by atoms with Gasteiger partial charge in [-0.3, -0.25) is 14.4 Å².